The zero-order valence-corrected chi connectivity index (χ0v) is 12.5. The first-order chi connectivity index (χ1) is 8.93. The van der Waals surface area contributed by atoms with Crippen LogP contribution in [0.2, 0.25) is 0 Å². The van der Waals surface area contributed by atoms with Gasteiger partial charge in [0.1, 0.15) is 0 Å². The summed E-state index contributed by atoms with van der Waals surface area (Å²) in [6, 6.07) is 6.62. The minimum Gasteiger partial charge on any atom is -0.354 e. The molecule has 3 N–H and O–H groups in total. The average molecular weight is 262 g/mol. The van der Waals surface area contributed by atoms with Crippen LogP contribution in [0.15, 0.2) is 18.2 Å². The van der Waals surface area contributed by atoms with Gasteiger partial charge >= 0.3 is 0 Å². The molecular weight excluding hydrogens is 236 g/mol. The van der Waals surface area contributed by atoms with Gasteiger partial charge in [-0.15, -0.1) is 0 Å². The Morgan fingerprint density at radius 1 is 1.32 bits per heavy atom. The maximum absolute atomic E-state index is 11.7. The second-order valence-corrected chi connectivity index (χ2v) is 5.55. The highest BCUT2D eigenvalue weighted by Crippen LogP contribution is 2.24. The summed E-state index contributed by atoms with van der Waals surface area (Å²) in [5.41, 5.74) is 9.65. The van der Waals surface area contributed by atoms with Gasteiger partial charge in [0.05, 0.1) is 0 Å². The van der Waals surface area contributed by atoms with Crippen molar-refractivity contribution in [1.82, 2.24) is 5.32 Å². The van der Waals surface area contributed by atoms with E-state index in [0.717, 1.165) is 6.42 Å². The normalized spacial score (nSPS) is 12.5. The van der Waals surface area contributed by atoms with Gasteiger partial charge in [0.2, 0.25) is 5.91 Å². The Morgan fingerprint density at radius 2 is 2.00 bits per heavy atom. The Kier molecular flexibility index (Phi) is 6.03. The molecule has 0 heterocycles. The third-order valence-electron chi connectivity index (χ3n) is 3.33. The molecule has 0 saturated carbocycles. The molecule has 1 atom stereocenters. The molecule has 0 fully saturated rings. The molecule has 0 saturated heterocycles. The first-order valence-corrected chi connectivity index (χ1v) is 7.00. The van der Waals surface area contributed by atoms with Crippen molar-refractivity contribution in [2.75, 3.05) is 6.54 Å². The Hall–Kier alpha value is -1.35. The van der Waals surface area contributed by atoms with Crippen LogP contribution in [0, 0.1) is 13.8 Å². The molecule has 3 nitrogen and oxygen atoms in total. The number of carbonyl (C=O) groups is 1. The van der Waals surface area contributed by atoms with Gasteiger partial charge in [-0.2, -0.15) is 0 Å². The van der Waals surface area contributed by atoms with E-state index in [-0.39, 0.29) is 17.9 Å². The number of nitrogens with one attached hydrogen (secondary N) is 1. The van der Waals surface area contributed by atoms with Crippen molar-refractivity contribution in [3.8, 4) is 0 Å². The summed E-state index contributed by atoms with van der Waals surface area (Å²) in [6.07, 6.45) is 1.34. The van der Waals surface area contributed by atoms with E-state index in [2.05, 4.69) is 37.4 Å². The second kappa shape index (κ2) is 7.29. The van der Waals surface area contributed by atoms with E-state index in [1.54, 1.807) is 0 Å². The lowest BCUT2D eigenvalue weighted by molar-refractivity contribution is -0.121. The Bertz CT molecular complexity index is 427. The van der Waals surface area contributed by atoms with Crippen molar-refractivity contribution < 1.29 is 4.79 Å². The molecule has 0 aromatic heterocycles. The van der Waals surface area contributed by atoms with Gasteiger partial charge in [-0.05, 0) is 57.7 Å². The van der Waals surface area contributed by atoms with Crippen LogP contribution in [-0.2, 0) is 4.79 Å². The fourth-order valence-electron chi connectivity index (χ4n) is 2.30. The number of hydrogen-bond acceptors (Lipinski definition) is 2. The van der Waals surface area contributed by atoms with E-state index in [1.807, 2.05) is 13.8 Å². The minimum absolute atomic E-state index is 0.110. The van der Waals surface area contributed by atoms with Gasteiger partial charge in [-0.3, -0.25) is 4.79 Å². The van der Waals surface area contributed by atoms with Gasteiger partial charge < -0.3 is 11.1 Å². The van der Waals surface area contributed by atoms with Crippen molar-refractivity contribution in [3.63, 3.8) is 0 Å². The van der Waals surface area contributed by atoms with Crippen LogP contribution in [0.5, 0.6) is 0 Å². The summed E-state index contributed by atoms with van der Waals surface area (Å²) in [7, 11) is 0. The monoisotopic (exact) mass is 262 g/mol. The van der Waals surface area contributed by atoms with E-state index in [9.17, 15) is 4.79 Å². The highest BCUT2D eigenvalue weighted by Gasteiger charge is 2.14. The maximum atomic E-state index is 11.7. The van der Waals surface area contributed by atoms with Crippen LogP contribution in [0.4, 0.5) is 0 Å². The van der Waals surface area contributed by atoms with E-state index in [0.29, 0.717) is 13.0 Å². The van der Waals surface area contributed by atoms with E-state index in [1.165, 1.54) is 16.7 Å². The molecule has 3 heteroatoms. The van der Waals surface area contributed by atoms with Crippen molar-refractivity contribution in [1.29, 1.82) is 0 Å². The molecule has 1 aromatic carbocycles. The number of carbonyl (C=O) groups excluding carboxylic acids is 1. The van der Waals surface area contributed by atoms with Crippen LogP contribution < -0.4 is 11.1 Å². The molecule has 0 spiro atoms. The molecular formula is C16H26N2O. The van der Waals surface area contributed by atoms with Crippen LogP contribution in [-0.4, -0.2) is 18.5 Å². The Morgan fingerprint density at radius 3 is 2.58 bits per heavy atom. The van der Waals surface area contributed by atoms with Crippen LogP contribution in [0.3, 0.4) is 0 Å². The second-order valence-electron chi connectivity index (χ2n) is 5.55. The molecule has 0 aliphatic heterocycles. The van der Waals surface area contributed by atoms with Gasteiger partial charge in [-0.1, -0.05) is 23.8 Å². The van der Waals surface area contributed by atoms with E-state index < -0.39 is 0 Å². The predicted octanol–water partition coefficient (Wildman–Crippen LogP) is 2.65. The molecule has 1 rings (SSSR count). The summed E-state index contributed by atoms with van der Waals surface area (Å²) in [5, 5.41) is 2.92. The predicted molar refractivity (Wildman–Crippen MR) is 80.2 cm³/mol. The fraction of sp³-hybridized carbons (Fsp3) is 0.562. The zero-order valence-electron chi connectivity index (χ0n) is 12.5. The summed E-state index contributed by atoms with van der Waals surface area (Å²) >= 11 is 0. The minimum atomic E-state index is 0.110. The molecule has 0 bridgehead atoms. The van der Waals surface area contributed by atoms with Gasteiger partial charge in [0, 0.05) is 12.5 Å². The Balaban J connectivity index is 2.68. The Labute approximate surface area is 116 Å². The SMILES string of the molecule is Cc1ccc(C)c(C(CN)CCC(=O)NC(C)C)c1. The molecule has 0 aliphatic rings. The van der Waals surface area contributed by atoms with Gasteiger partial charge in [0.15, 0.2) is 0 Å². The summed E-state index contributed by atoms with van der Waals surface area (Å²) in [6.45, 7) is 8.72. The molecule has 1 unspecified atom stereocenters. The van der Waals surface area contributed by atoms with E-state index in [4.69, 9.17) is 5.73 Å². The molecule has 0 radical (unpaired) electrons. The zero-order chi connectivity index (χ0) is 14.4. The number of aryl methyl sites for hydroxylation is 2. The lowest BCUT2D eigenvalue weighted by Gasteiger charge is -2.18. The van der Waals surface area contributed by atoms with Crippen molar-refractivity contribution in [3.05, 3.63) is 34.9 Å². The highest BCUT2D eigenvalue weighted by molar-refractivity contribution is 5.76. The van der Waals surface area contributed by atoms with Crippen molar-refractivity contribution >= 4 is 5.91 Å². The van der Waals surface area contributed by atoms with Crippen LogP contribution >= 0.6 is 0 Å². The van der Waals surface area contributed by atoms with Crippen LogP contribution in [0.25, 0.3) is 0 Å². The third kappa shape index (κ3) is 5.03. The quantitative estimate of drug-likeness (QED) is 0.828. The summed E-state index contributed by atoms with van der Waals surface area (Å²) in [5.74, 6) is 0.372. The molecule has 106 valence electrons. The fourth-order valence-corrected chi connectivity index (χ4v) is 2.30. The lowest BCUT2D eigenvalue weighted by Crippen LogP contribution is -2.30. The highest BCUT2D eigenvalue weighted by atomic mass is 16.1. The average Bonchev–Trinajstić information content (AvgIpc) is 2.33. The number of amides is 1. The molecule has 0 aliphatic carbocycles. The number of hydrogen-bond donors (Lipinski definition) is 2. The number of benzene rings is 1. The summed E-state index contributed by atoms with van der Waals surface area (Å²) < 4.78 is 0. The topological polar surface area (TPSA) is 55.1 Å². The van der Waals surface area contributed by atoms with E-state index >= 15 is 0 Å². The van der Waals surface area contributed by atoms with Crippen molar-refractivity contribution in [2.45, 2.75) is 52.5 Å². The van der Waals surface area contributed by atoms with Crippen LogP contribution in [0.1, 0.15) is 49.3 Å². The van der Waals surface area contributed by atoms with Crippen molar-refractivity contribution in [2.24, 2.45) is 5.73 Å². The third-order valence-corrected chi connectivity index (χ3v) is 3.33. The molecule has 19 heavy (non-hydrogen) atoms. The molecule has 1 aromatic rings. The largest absolute Gasteiger partial charge is 0.354 e. The maximum Gasteiger partial charge on any atom is 0.220 e. The first-order valence-electron chi connectivity index (χ1n) is 7.00. The number of nitrogens with two attached hydrogens (primary N) is 1. The first kappa shape index (κ1) is 15.7. The lowest BCUT2D eigenvalue weighted by atomic mass is 9.89. The van der Waals surface area contributed by atoms with Gasteiger partial charge in [-0.25, -0.2) is 0 Å². The number of rotatable bonds is 6. The molecule has 1 amide bonds. The van der Waals surface area contributed by atoms with Gasteiger partial charge in [0.25, 0.3) is 0 Å². The summed E-state index contributed by atoms with van der Waals surface area (Å²) in [4.78, 5) is 11.7. The smallest absolute Gasteiger partial charge is 0.220 e. The standard InChI is InChI=1S/C16H26N2O/c1-11(2)18-16(19)8-7-14(10-17)15-9-12(3)5-6-13(15)4/h5-6,9,11,14H,7-8,10,17H2,1-4H3,(H,18,19).